The monoisotopic (exact) mass is 235 g/mol. The Morgan fingerprint density at radius 1 is 1.71 bits per heavy atom. The lowest BCUT2D eigenvalue weighted by molar-refractivity contribution is -0.137. The van der Waals surface area contributed by atoms with Gasteiger partial charge in [-0.3, -0.25) is 4.79 Å². The Labute approximate surface area is 93.6 Å². The summed E-state index contributed by atoms with van der Waals surface area (Å²) in [6.45, 7) is 3.71. The number of aryl methyl sites for hydroxylation is 1. The van der Waals surface area contributed by atoms with Gasteiger partial charge in [0, 0.05) is 0 Å². The second-order valence-electron chi connectivity index (χ2n) is 2.88. The van der Waals surface area contributed by atoms with Crippen molar-refractivity contribution in [2.45, 2.75) is 26.3 Å². The molecular formula is C9H14ClNO2S. The number of hydrogen-bond donors (Lipinski definition) is 2. The van der Waals surface area contributed by atoms with Crippen LogP contribution < -0.4 is 5.32 Å². The van der Waals surface area contributed by atoms with Gasteiger partial charge in [-0.1, -0.05) is 6.92 Å². The fourth-order valence-electron chi connectivity index (χ4n) is 0.912. The Kier molecular flexibility index (Phi) is 5.57. The average Bonchev–Trinajstić information content (AvgIpc) is 2.52. The van der Waals surface area contributed by atoms with E-state index in [2.05, 4.69) is 12.2 Å². The van der Waals surface area contributed by atoms with Gasteiger partial charge in [0.2, 0.25) is 0 Å². The van der Waals surface area contributed by atoms with E-state index in [0.717, 1.165) is 11.4 Å². The molecule has 0 aromatic carbocycles. The number of thiophene rings is 1. The first-order chi connectivity index (χ1) is 6.13. The molecule has 2 N–H and O–H groups in total. The lowest BCUT2D eigenvalue weighted by Gasteiger charge is -2.07. The summed E-state index contributed by atoms with van der Waals surface area (Å²) >= 11 is 1.55. The first kappa shape index (κ1) is 13.3. The molecule has 5 heteroatoms. The van der Waals surface area contributed by atoms with Crippen LogP contribution in [0.3, 0.4) is 0 Å². The van der Waals surface area contributed by atoms with Crippen molar-refractivity contribution < 1.29 is 9.90 Å². The molecule has 0 amide bonds. The third-order valence-corrected chi connectivity index (χ3v) is 2.70. The molecule has 3 nitrogen and oxygen atoms in total. The van der Waals surface area contributed by atoms with Crippen LogP contribution in [0, 0.1) is 0 Å². The highest BCUT2D eigenvalue weighted by Crippen LogP contribution is 2.21. The molecule has 0 saturated heterocycles. The van der Waals surface area contributed by atoms with E-state index in [1.54, 1.807) is 18.3 Å². The summed E-state index contributed by atoms with van der Waals surface area (Å²) in [5.74, 6) is -0.827. The van der Waals surface area contributed by atoms with Crippen molar-refractivity contribution in [3.63, 3.8) is 0 Å². The molecule has 1 aromatic heterocycles. The Morgan fingerprint density at radius 2 is 2.36 bits per heavy atom. The Hall–Kier alpha value is -0.740. The third-order valence-electron chi connectivity index (χ3n) is 1.79. The lowest BCUT2D eigenvalue weighted by atomic mass is 10.2. The third kappa shape index (κ3) is 3.55. The molecule has 1 atom stereocenters. The van der Waals surface area contributed by atoms with Crippen molar-refractivity contribution in [1.82, 2.24) is 0 Å². The number of carboxylic acid groups (broad SMARTS) is 1. The Bertz CT molecular complexity index is 301. The van der Waals surface area contributed by atoms with Crippen molar-refractivity contribution >= 4 is 34.7 Å². The Balaban J connectivity index is 0.00000169. The maximum atomic E-state index is 10.5. The SMILES string of the molecule is CCc1csc(NC(C)C(=O)O)c1.Cl. The molecule has 14 heavy (non-hydrogen) atoms. The van der Waals surface area contributed by atoms with Gasteiger partial charge in [0.05, 0.1) is 5.00 Å². The van der Waals surface area contributed by atoms with Crippen LogP contribution >= 0.6 is 23.7 Å². The number of anilines is 1. The van der Waals surface area contributed by atoms with Crippen molar-refractivity contribution in [3.8, 4) is 0 Å². The van der Waals surface area contributed by atoms with Gasteiger partial charge in [0.1, 0.15) is 6.04 Å². The van der Waals surface area contributed by atoms with Crippen molar-refractivity contribution in [2.24, 2.45) is 0 Å². The minimum absolute atomic E-state index is 0. The van der Waals surface area contributed by atoms with E-state index in [4.69, 9.17) is 5.11 Å². The van der Waals surface area contributed by atoms with Gasteiger partial charge in [-0.15, -0.1) is 23.7 Å². The molecular weight excluding hydrogens is 222 g/mol. The lowest BCUT2D eigenvalue weighted by Crippen LogP contribution is -2.24. The number of carbonyl (C=O) groups is 1. The zero-order valence-electron chi connectivity index (χ0n) is 8.11. The molecule has 0 aliphatic rings. The maximum absolute atomic E-state index is 10.5. The molecule has 0 saturated carbocycles. The van der Waals surface area contributed by atoms with E-state index in [9.17, 15) is 4.79 Å². The molecule has 1 aromatic rings. The summed E-state index contributed by atoms with van der Waals surface area (Å²) in [5.41, 5.74) is 1.24. The van der Waals surface area contributed by atoms with Crippen LogP contribution in [-0.2, 0) is 11.2 Å². The molecule has 1 rings (SSSR count). The molecule has 1 unspecified atom stereocenters. The zero-order valence-corrected chi connectivity index (χ0v) is 9.74. The zero-order chi connectivity index (χ0) is 9.84. The minimum atomic E-state index is -0.827. The van der Waals surface area contributed by atoms with Crippen LogP contribution in [0.1, 0.15) is 19.4 Å². The van der Waals surface area contributed by atoms with Crippen LogP contribution in [0.4, 0.5) is 5.00 Å². The minimum Gasteiger partial charge on any atom is -0.480 e. The van der Waals surface area contributed by atoms with Gasteiger partial charge in [0.15, 0.2) is 0 Å². The fourth-order valence-corrected chi connectivity index (χ4v) is 1.89. The molecule has 0 fully saturated rings. The number of carboxylic acids is 1. The van der Waals surface area contributed by atoms with Gasteiger partial charge >= 0.3 is 5.97 Å². The second kappa shape index (κ2) is 5.88. The molecule has 0 aliphatic heterocycles. The highest BCUT2D eigenvalue weighted by molar-refractivity contribution is 7.14. The number of aliphatic carboxylic acids is 1. The summed E-state index contributed by atoms with van der Waals surface area (Å²) in [7, 11) is 0. The number of hydrogen-bond acceptors (Lipinski definition) is 3. The van der Waals surface area contributed by atoms with Gasteiger partial charge in [-0.25, -0.2) is 0 Å². The van der Waals surface area contributed by atoms with Crippen molar-refractivity contribution in [2.75, 3.05) is 5.32 Å². The van der Waals surface area contributed by atoms with E-state index in [0.29, 0.717) is 0 Å². The number of rotatable bonds is 4. The van der Waals surface area contributed by atoms with E-state index in [1.165, 1.54) is 5.56 Å². The first-order valence-electron chi connectivity index (χ1n) is 4.20. The quantitative estimate of drug-likeness (QED) is 0.844. The fraction of sp³-hybridized carbons (Fsp3) is 0.444. The van der Waals surface area contributed by atoms with Gasteiger partial charge in [-0.2, -0.15) is 0 Å². The normalized spacial score (nSPS) is 11.6. The van der Waals surface area contributed by atoms with Gasteiger partial charge < -0.3 is 10.4 Å². The van der Waals surface area contributed by atoms with Crippen molar-refractivity contribution in [3.05, 3.63) is 17.0 Å². The summed E-state index contributed by atoms with van der Waals surface area (Å²) in [5, 5.41) is 14.5. The van der Waals surface area contributed by atoms with Gasteiger partial charge in [0.25, 0.3) is 0 Å². The van der Waals surface area contributed by atoms with Gasteiger partial charge in [-0.05, 0) is 30.4 Å². The van der Waals surface area contributed by atoms with Crippen LogP contribution in [-0.4, -0.2) is 17.1 Å². The molecule has 0 spiro atoms. The molecule has 1 heterocycles. The molecule has 0 bridgehead atoms. The predicted molar refractivity (Wildman–Crippen MR) is 61.7 cm³/mol. The van der Waals surface area contributed by atoms with E-state index in [-0.39, 0.29) is 12.4 Å². The number of nitrogens with one attached hydrogen (secondary N) is 1. The summed E-state index contributed by atoms with van der Waals surface area (Å²) < 4.78 is 0. The van der Waals surface area contributed by atoms with E-state index >= 15 is 0 Å². The smallest absolute Gasteiger partial charge is 0.325 e. The van der Waals surface area contributed by atoms with Crippen LogP contribution in [0.15, 0.2) is 11.4 Å². The van der Waals surface area contributed by atoms with Crippen LogP contribution in [0.2, 0.25) is 0 Å². The highest BCUT2D eigenvalue weighted by Gasteiger charge is 2.10. The van der Waals surface area contributed by atoms with Crippen molar-refractivity contribution in [1.29, 1.82) is 0 Å². The highest BCUT2D eigenvalue weighted by atomic mass is 35.5. The Morgan fingerprint density at radius 3 is 2.79 bits per heavy atom. The largest absolute Gasteiger partial charge is 0.480 e. The summed E-state index contributed by atoms with van der Waals surface area (Å²) in [6, 6.07) is 1.47. The van der Waals surface area contributed by atoms with E-state index in [1.807, 2.05) is 11.4 Å². The topological polar surface area (TPSA) is 49.3 Å². The van der Waals surface area contributed by atoms with Crippen LogP contribution in [0.5, 0.6) is 0 Å². The summed E-state index contributed by atoms with van der Waals surface area (Å²) in [6.07, 6.45) is 0.986. The average molecular weight is 236 g/mol. The molecule has 80 valence electrons. The maximum Gasteiger partial charge on any atom is 0.325 e. The molecule has 0 aliphatic carbocycles. The van der Waals surface area contributed by atoms with Crippen LogP contribution in [0.25, 0.3) is 0 Å². The first-order valence-corrected chi connectivity index (χ1v) is 5.08. The number of halogens is 1. The predicted octanol–water partition coefficient (Wildman–Crippen LogP) is 2.62. The molecule has 0 radical (unpaired) electrons. The van der Waals surface area contributed by atoms with E-state index < -0.39 is 12.0 Å². The summed E-state index contributed by atoms with van der Waals surface area (Å²) in [4.78, 5) is 10.5. The standard InChI is InChI=1S/C9H13NO2S.ClH/c1-3-7-4-8(13-5-7)10-6(2)9(11)12;/h4-6,10H,3H2,1-2H3,(H,11,12);1H. The second-order valence-corrected chi connectivity index (χ2v) is 3.79.